The number of nitrogens with one attached hydrogen (secondary N) is 1. The zero-order valence-corrected chi connectivity index (χ0v) is 9.95. The van der Waals surface area contributed by atoms with E-state index in [1.165, 1.54) is 12.8 Å². The largest absolute Gasteiger partial charge is 0.372 e. The molecule has 4 heteroatoms. The van der Waals surface area contributed by atoms with Crippen molar-refractivity contribution in [3.63, 3.8) is 0 Å². The Labute approximate surface area is 92.0 Å². The van der Waals surface area contributed by atoms with Crippen LogP contribution in [-0.2, 0) is 9.53 Å². The highest BCUT2D eigenvalue weighted by Gasteiger charge is 2.21. The van der Waals surface area contributed by atoms with Gasteiger partial charge in [0.1, 0.15) is 6.10 Å². The Morgan fingerprint density at radius 2 is 2.40 bits per heavy atom. The molecule has 1 aliphatic rings. The molecular weight excluding hydrogens is 192 g/mol. The number of carbonyl (C=O) groups is 1. The highest BCUT2D eigenvalue weighted by molar-refractivity contribution is 5.80. The first-order chi connectivity index (χ1) is 7.15. The maximum atomic E-state index is 11.7. The molecular formula is C11H22N2O2. The van der Waals surface area contributed by atoms with Crippen molar-refractivity contribution in [3.8, 4) is 0 Å². The Bertz CT molecular complexity index is 203. The van der Waals surface area contributed by atoms with Crippen LogP contribution in [0.25, 0.3) is 0 Å². The van der Waals surface area contributed by atoms with Crippen LogP contribution in [0.15, 0.2) is 0 Å². The number of amides is 1. The lowest BCUT2D eigenvalue weighted by Crippen LogP contribution is -2.42. The van der Waals surface area contributed by atoms with E-state index in [0.717, 1.165) is 19.6 Å². The number of carbonyl (C=O) groups excluding carboxylic acids is 1. The average molecular weight is 214 g/mol. The van der Waals surface area contributed by atoms with Crippen LogP contribution < -0.4 is 5.32 Å². The van der Waals surface area contributed by atoms with Gasteiger partial charge in [-0.05, 0) is 38.8 Å². The summed E-state index contributed by atoms with van der Waals surface area (Å²) in [6.07, 6.45) is 2.10. The van der Waals surface area contributed by atoms with Gasteiger partial charge >= 0.3 is 0 Å². The molecule has 88 valence electrons. The van der Waals surface area contributed by atoms with Gasteiger partial charge in [-0.1, -0.05) is 0 Å². The van der Waals surface area contributed by atoms with Crippen molar-refractivity contribution in [2.45, 2.75) is 25.9 Å². The third kappa shape index (κ3) is 3.80. The topological polar surface area (TPSA) is 41.6 Å². The summed E-state index contributed by atoms with van der Waals surface area (Å²) in [5.41, 5.74) is 0. The molecule has 0 aromatic rings. The number of rotatable bonds is 4. The zero-order valence-electron chi connectivity index (χ0n) is 9.95. The fourth-order valence-corrected chi connectivity index (χ4v) is 1.97. The number of hydrogen-bond acceptors (Lipinski definition) is 3. The second-order valence-corrected chi connectivity index (χ2v) is 4.31. The van der Waals surface area contributed by atoms with Gasteiger partial charge in [-0.3, -0.25) is 4.79 Å². The van der Waals surface area contributed by atoms with Gasteiger partial charge < -0.3 is 15.0 Å². The highest BCUT2D eigenvalue weighted by Crippen LogP contribution is 2.11. The monoisotopic (exact) mass is 214 g/mol. The number of likely N-dealkylation sites (N-methyl/N-ethyl adjacent to an activating group) is 1. The number of ether oxygens (including phenoxy) is 1. The van der Waals surface area contributed by atoms with Crippen LogP contribution in [0.1, 0.15) is 19.8 Å². The van der Waals surface area contributed by atoms with Gasteiger partial charge in [0.25, 0.3) is 5.91 Å². The van der Waals surface area contributed by atoms with Gasteiger partial charge in [-0.15, -0.1) is 0 Å². The number of nitrogens with zero attached hydrogens (tertiary/aromatic N) is 1. The number of methoxy groups -OCH3 is 1. The van der Waals surface area contributed by atoms with Crippen LogP contribution in [-0.4, -0.2) is 50.7 Å². The first-order valence-corrected chi connectivity index (χ1v) is 5.63. The van der Waals surface area contributed by atoms with Crippen molar-refractivity contribution in [3.05, 3.63) is 0 Å². The van der Waals surface area contributed by atoms with Crippen molar-refractivity contribution in [1.82, 2.24) is 10.2 Å². The third-order valence-electron chi connectivity index (χ3n) is 3.01. The molecule has 4 nitrogen and oxygen atoms in total. The minimum atomic E-state index is -0.327. The lowest BCUT2D eigenvalue weighted by molar-refractivity contribution is -0.140. The Morgan fingerprint density at radius 3 is 2.93 bits per heavy atom. The summed E-state index contributed by atoms with van der Waals surface area (Å²) in [7, 11) is 3.42. The van der Waals surface area contributed by atoms with Gasteiger partial charge in [-0.25, -0.2) is 0 Å². The molecule has 1 rings (SSSR count). The zero-order chi connectivity index (χ0) is 11.3. The molecule has 2 unspecified atom stereocenters. The van der Waals surface area contributed by atoms with Crippen LogP contribution in [0, 0.1) is 5.92 Å². The SMILES string of the molecule is COC(C)C(=O)N(C)CC1CCCNC1. The molecule has 0 aliphatic carbocycles. The molecule has 0 saturated carbocycles. The van der Waals surface area contributed by atoms with Crippen molar-refractivity contribution >= 4 is 5.91 Å². The van der Waals surface area contributed by atoms with Crippen molar-refractivity contribution in [2.24, 2.45) is 5.92 Å². The average Bonchev–Trinajstić information content (AvgIpc) is 2.28. The Kier molecular flexibility index (Phi) is 5.05. The molecule has 0 aromatic heterocycles. The van der Waals surface area contributed by atoms with Crippen LogP contribution >= 0.6 is 0 Å². The predicted octanol–water partition coefficient (Wildman–Crippen LogP) is 0.479. The van der Waals surface area contributed by atoms with Crippen molar-refractivity contribution in [1.29, 1.82) is 0 Å². The normalized spacial score (nSPS) is 23.5. The first-order valence-electron chi connectivity index (χ1n) is 5.63. The summed E-state index contributed by atoms with van der Waals surface area (Å²) in [5.74, 6) is 0.667. The molecule has 1 N–H and O–H groups in total. The summed E-state index contributed by atoms with van der Waals surface area (Å²) in [4.78, 5) is 13.5. The van der Waals surface area contributed by atoms with E-state index in [4.69, 9.17) is 4.74 Å². The maximum absolute atomic E-state index is 11.7. The van der Waals surface area contributed by atoms with Gasteiger partial charge in [-0.2, -0.15) is 0 Å². The second-order valence-electron chi connectivity index (χ2n) is 4.31. The predicted molar refractivity (Wildman–Crippen MR) is 59.7 cm³/mol. The van der Waals surface area contributed by atoms with Crippen LogP contribution in [0.4, 0.5) is 0 Å². The Balaban J connectivity index is 2.33. The maximum Gasteiger partial charge on any atom is 0.251 e. The quantitative estimate of drug-likeness (QED) is 0.740. The van der Waals surface area contributed by atoms with Gasteiger partial charge in [0.15, 0.2) is 0 Å². The van der Waals surface area contributed by atoms with Crippen LogP contribution in [0.5, 0.6) is 0 Å². The summed E-state index contributed by atoms with van der Waals surface area (Å²) in [6, 6.07) is 0. The summed E-state index contributed by atoms with van der Waals surface area (Å²) < 4.78 is 5.02. The lowest BCUT2D eigenvalue weighted by Gasteiger charge is -2.28. The van der Waals surface area contributed by atoms with E-state index >= 15 is 0 Å². The fraction of sp³-hybridized carbons (Fsp3) is 0.909. The van der Waals surface area contributed by atoms with E-state index in [-0.39, 0.29) is 12.0 Å². The van der Waals surface area contributed by atoms with E-state index in [1.807, 2.05) is 7.05 Å². The smallest absolute Gasteiger partial charge is 0.251 e. The van der Waals surface area contributed by atoms with Gasteiger partial charge in [0.05, 0.1) is 0 Å². The lowest BCUT2D eigenvalue weighted by atomic mass is 9.99. The summed E-state index contributed by atoms with van der Waals surface area (Å²) in [6.45, 7) is 4.76. The molecule has 0 radical (unpaired) electrons. The fourth-order valence-electron chi connectivity index (χ4n) is 1.97. The summed E-state index contributed by atoms with van der Waals surface area (Å²) in [5, 5.41) is 3.35. The molecule has 15 heavy (non-hydrogen) atoms. The first kappa shape index (κ1) is 12.5. The molecule has 1 saturated heterocycles. The molecule has 1 amide bonds. The minimum absolute atomic E-state index is 0.0723. The van der Waals surface area contributed by atoms with E-state index in [2.05, 4.69) is 5.32 Å². The van der Waals surface area contributed by atoms with Crippen LogP contribution in [0.3, 0.4) is 0 Å². The van der Waals surface area contributed by atoms with Crippen molar-refractivity contribution in [2.75, 3.05) is 33.8 Å². The van der Waals surface area contributed by atoms with E-state index in [1.54, 1.807) is 18.9 Å². The van der Waals surface area contributed by atoms with E-state index in [0.29, 0.717) is 5.92 Å². The van der Waals surface area contributed by atoms with Crippen molar-refractivity contribution < 1.29 is 9.53 Å². The van der Waals surface area contributed by atoms with E-state index in [9.17, 15) is 4.79 Å². The molecule has 1 aliphatic heterocycles. The molecule has 2 atom stereocenters. The molecule has 1 fully saturated rings. The molecule has 0 aromatic carbocycles. The third-order valence-corrected chi connectivity index (χ3v) is 3.01. The van der Waals surface area contributed by atoms with Crippen LogP contribution in [0.2, 0.25) is 0 Å². The molecule has 1 heterocycles. The number of piperidine rings is 1. The standard InChI is InChI=1S/C11H22N2O2/c1-9(15-3)11(14)13(2)8-10-5-4-6-12-7-10/h9-10,12H,4-8H2,1-3H3. The summed E-state index contributed by atoms with van der Waals surface area (Å²) >= 11 is 0. The van der Waals surface area contributed by atoms with Gasteiger partial charge in [0.2, 0.25) is 0 Å². The second kappa shape index (κ2) is 6.08. The highest BCUT2D eigenvalue weighted by atomic mass is 16.5. The van der Waals surface area contributed by atoms with E-state index < -0.39 is 0 Å². The van der Waals surface area contributed by atoms with Gasteiger partial charge in [0, 0.05) is 20.7 Å². The Hall–Kier alpha value is -0.610. The minimum Gasteiger partial charge on any atom is -0.372 e. The Morgan fingerprint density at radius 1 is 1.67 bits per heavy atom. The molecule has 0 spiro atoms. The number of hydrogen-bond donors (Lipinski definition) is 1. The molecule has 0 bridgehead atoms.